The molecule has 2 N–H and O–H groups in total. The highest BCUT2D eigenvalue weighted by atomic mass is 16.5. The molecule has 0 spiro atoms. The largest absolute Gasteiger partial charge is 0.489 e. The molecule has 1 unspecified atom stereocenters. The Morgan fingerprint density at radius 2 is 1.57 bits per heavy atom. The molecule has 6 nitrogen and oxygen atoms in total. The predicted octanol–water partition coefficient (Wildman–Crippen LogP) is 4.90. The number of hydrogen-bond acceptors (Lipinski definition) is 3. The van der Waals surface area contributed by atoms with E-state index in [1.165, 1.54) is 11.1 Å². The van der Waals surface area contributed by atoms with Gasteiger partial charge in [0.15, 0.2) is 0 Å². The Bertz CT molecular complexity index is 840. The van der Waals surface area contributed by atoms with E-state index in [1.54, 1.807) is 0 Å². The summed E-state index contributed by atoms with van der Waals surface area (Å²) in [6, 6.07) is 12.7. The third kappa shape index (κ3) is 7.10. The Morgan fingerprint density at radius 3 is 2.07 bits per heavy atom. The molecule has 0 saturated heterocycles. The maximum Gasteiger partial charge on any atom is 0.408 e. The number of hydrogen-bond donors (Lipinski definition) is 2. The van der Waals surface area contributed by atoms with Crippen molar-refractivity contribution < 1.29 is 24.5 Å². The van der Waals surface area contributed by atoms with E-state index in [9.17, 15) is 19.8 Å². The van der Waals surface area contributed by atoms with Crippen LogP contribution in [0.4, 0.5) is 4.79 Å². The summed E-state index contributed by atoms with van der Waals surface area (Å²) in [6.07, 6.45) is -0.491. The molecular weight excluding hydrogens is 382 g/mol. The SMILES string of the molecule is Cc1cc(C)cc(COc2ccc(CCN(C(=O)O)C(CC(C)C)C(=O)O)cc2)c1. The number of carboxylic acids is 1. The van der Waals surface area contributed by atoms with Gasteiger partial charge in [-0.15, -0.1) is 0 Å². The van der Waals surface area contributed by atoms with Crippen LogP contribution in [0.15, 0.2) is 42.5 Å². The van der Waals surface area contributed by atoms with Crippen molar-refractivity contribution in [3.05, 3.63) is 64.7 Å². The minimum absolute atomic E-state index is 0.0848. The van der Waals surface area contributed by atoms with Crippen LogP contribution in [0.25, 0.3) is 0 Å². The molecule has 0 aromatic heterocycles. The van der Waals surface area contributed by atoms with Crippen LogP contribution in [-0.2, 0) is 17.8 Å². The maximum atomic E-state index is 11.6. The van der Waals surface area contributed by atoms with Crippen molar-refractivity contribution in [2.24, 2.45) is 5.92 Å². The number of carbonyl (C=O) groups is 2. The van der Waals surface area contributed by atoms with Crippen LogP contribution in [0.2, 0.25) is 0 Å². The second-order valence-corrected chi connectivity index (χ2v) is 8.14. The molecule has 1 amide bonds. The number of aryl methyl sites for hydroxylation is 2. The smallest absolute Gasteiger partial charge is 0.408 e. The highest BCUT2D eigenvalue weighted by molar-refractivity contribution is 5.79. The minimum Gasteiger partial charge on any atom is -0.489 e. The summed E-state index contributed by atoms with van der Waals surface area (Å²) in [5.41, 5.74) is 4.43. The molecule has 2 aromatic rings. The standard InChI is InChI=1S/C24H31NO5/c1-16(2)11-22(23(26)27)25(24(28)29)10-9-19-5-7-21(8-6-19)30-15-20-13-17(3)12-18(4)14-20/h5-8,12-14,16,22H,9-11,15H2,1-4H3,(H,26,27)(H,28,29). The fraction of sp³-hybridized carbons (Fsp3) is 0.417. The van der Waals surface area contributed by atoms with Crippen molar-refractivity contribution in [3.63, 3.8) is 0 Å². The Kier molecular flexibility index (Phi) is 8.27. The Morgan fingerprint density at radius 1 is 0.967 bits per heavy atom. The summed E-state index contributed by atoms with van der Waals surface area (Å²) in [6.45, 7) is 8.48. The van der Waals surface area contributed by atoms with E-state index in [1.807, 2.05) is 38.1 Å². The fourth-order valence-corrected chi connectivity index (χ4v) is 3.51. The van der Waals surface area contributed by atoms with Gasteiger partial charge in [0.1, 0.15) is 18.4 Å². The molecule has 162 valence electrons. The molecule has 2 rings (SSSR count). The summed E-state index contributed by atoms with van der Waals surface area (Å²) in [5, 5.41) is 18.9. The maximum absolute atomic E-state index is 11.6. The molecule has 2 aromatic carbocycles. The zero-order chi connectivity index (χ0) is 22.3. The summed E-state index contributed by atoms with van der Waals surface area (Å²) in [4.78, 5) is 24.2. The average molecular weight is 414 g/mol. The van der Waals surface area contributed by atoms with Gasteiger partial charge < -0.3 is 14.9 Å². The van der Waals surface area contributed by atoms with E-state index < -0.39 is 18.1 Å². The van der Waals surface area contributed by atoms with Crippen molar-refractivity contribution in [1.29, 1.82) is 0 Å². The number of aliphatic carboxylic acids is 1. The molecule has 0 radical (unpaired) electrons. The Hall–Kier alpha value is -3.02. The third-order valence-electron chi connectivity index (χ3n) is 4.85. The van der Waals surface area contributed by atoms with Gasteiger partial charge in [0.05, 0.1) is 0 Å². The number of benzene rings is 2. The Balaban J connectivity index is 1.96. The first-order valence-corrected chi connectivity index (χ1v) is 10.2. The number of ether oxygens (including phenoxy) is 1. The van der Waals surface area contributed by atoms with Gasteiger partial charge in [-0.3, -0.25) is 4.90 Å². The molecular formula is C24H31NO5. The normalized spacial score (nSPS) is 11.9. The molecule has 0 heterocycles. The number of rotatable bonds is 10. The van der Waals surface area contributed by atoms with Gasteiger partial charge in [0.25, 0.3) is 0 Å². The zero-order valence-electron chi connectivity index (χ0n) is 18.1. The van der Waals surface area contributed by atoms with Crippen molar-refractivity contribution in [3.8, 4) is 5.75 Å². The van der Waals surface area contributed by atoms with Crippen molar-refractivity contribution in [2.75, 3.05) is 6.54 Å². The molecule has 0 bridgehead atoms. The summed E-state index contributed by atoms with van der Waals surface area (Å²) < 4.78 is 5.85. The summed E-state index contributed by atoms with van der Waals surface area (Å²) >= 11 is 0. The lowest BCUT2D eigenvalue weighted by Gasteiger charge is -2.27. The number of amides is 1. The second-order valence-electron chi connectivity index (χ2n) is 8.14. The topological polar surface area (TPSA) is 87.1 Å². The van der Waals surface area contributed by atoms with E-state index in [4.69, 9.17) is 4.74 Å². The average Bonchev–Trinajstić information content (AvgIpc) is 2.65. The minimum atomic E-state index is -1.21. The molecule has 6 heteroatoms. The van der Waals surface area contributed by atoms with Gasteiger partial charge >= 0.3 is 12.1 Å². The first-order chi connectivity index (χ1) is 14.2. The van der Waals surface area contributed by atoms with E-state index in [0.717, 1.165) is 21.8 Å². The summed E-state index contributed by atoms with van der Waals surface area (Å²) in [7, 11) is 0. The van der Waals surface area contributed by atoms with Gasteiger partial charge in [-0.25, -0.2) is 9.59 Å². The van der Waals surface area contributed by atoms with Crippen LogP contribution in [0.3, 0.4) is 0 Å². The van der Waals surface area contributed by atoms with Crippen LogP contribution in [0.5, 0.6) is 5.75 Å². The molecule has 0 saturated carbocycles. The number of carboxylic acid groups (broad SMARTS) is 2. The highest BCUT2D eigenvalue weighted by Gasteiger charge is 2.29. The molecule has 0 aliphatic carbocycles. The lowest BCUT2D eigenvalue weighted by atomic mass is 10.0. The molecule has 0 aliphatic heterocycles. The first-order valence-electron chi connectivity index (χ1n) is 10.2. The van der Waals surface area contributed by atoms with Gasteiger partial charge in [-0.05, 0) is 55.9 Å². The van der Waals surface area contributed by atoms with E-state index in [-0.39, 0.29) is 18.9 Å². The van der Waals surface area contributed by atoms with Crippen LogP contribution >= 0.6 is 0 Å². The predicted molar refractivity (Wildman–Crippen MR) is 116 cm³/mol. The van der Waals surface area contributed by atoms with Gasteiger partial charge in [-0.2, -0.15) is 0 Å². The van der Waals surface area contributed by atoms with Gasteiger partial charge in [0.2, 0.25) is 0 Å². The number of nitrogens with zero attached hydrogens (tertiary/aromatic N) is 1. The van der Waals surface area contributed by atoms with Crippen LogP contribution < -0.4 is 4.74 Å². The van der Waals surface area contributed by atoms with Crippen molar-refractivity contribution >= 4 is 12.1 Å². The molecule has 30 heavy (non-hydrogen) atoms. The lowest BCUT2D eigenvalue weighted by molar-refractivity contribution is -0.143. The van der Waals surface area contributed by atoms with Crippen LogP contribution in [0, 0.1) is 19.8 Å². The fourth-order valence-electron chi connectivity index (χ4n) is 3.51. The van der Waals surface area contributed by atoms with Crippen LogP contribution in [0.1, 0.15) is 42.5 Å². The Labute approximate surface area is 178 Å². The monoisotopic (exact) mass is 413 g/mol. The van der Waals surface area contributed by atoms with E-state index >= 15 is 0 Å². The quantitative estimate of drug-likeness (QED) is 0.578. The zero-order valence-corrected chi connectivity index (χ0v) is 18.1. The van der Waals surface area contributed by atoms with E-state index in [0.29, 0.717) is 13.0 Å². The van der Waals surface area contributed by atoms with Crippen molar-refractivity contribution in [1.82, 2.24) is 4.90 Å². The second kappa shape index (κ2) is 10.7. The van der Waals surface area contributed by atoms with Gasteiger partial charge in [0, 0.05) is 6.54 Å². The molecule has 0 fully saturated rings. The first kappa shape index (κ1) is 23.3. The lowest BCUT2D eigenvalue weighted by Crippen LogP contribution is -2.46. The summed E-state index contributed by atoms with van der Waals surface area (Å²) in [5.74, 6) is -0.293. The molecule has 0 aliphatic rings. The molecule has 1 atom stereocenters. The highest BCUT2D eigenvalue weighted by Crippen LogP contribution is 2.18. The van der Waals surface area contributed by atoms with E-state index in [2.05, 4.69) is 32.0 Å². The van der Waals surface area contributed by atoms with Crippen LogP contribution in [-0.4, -0.2) is 39.8 Å². The van der Waals surface area contributed by atoms with Crippen molar-refractivity contribution in [2.45, 2.75) is 53.2 Å². The third-order valence-corrected chi connectivity index (χ3v) is 4.85. The van der Waals surface area contributed by atoms with Gasteiger partial charge in [-0.1, -0.05) is 55.3 Å².